The average molecular weight is 336 g/mol. The summed E-state index contributed by atoms with van der Waals surface area (Å²) in [6, 6.07) is 3.16. The largest absolute Gasteiger partial charge is 0.351 e. The molecule has 3 rings (SSSR count). The number of amides is 1. The van der Waals surface area contributed by atoms with Gasteiger partial charge >= 0.3 is 0 Å². The summed E-state index contributed by atoms with van der Waals surface area (Å²) in [5.41, 5.74) is 1.94. The van der Waals surface area contributed by atoms with Gasteiger partial charge in [-0.15, -0.1) is 0 Å². The Hall–Kier alpha value is -2.48. The number of aryl methyl sites for hydroxylation is 1. The van der Waals surface area contributed by atoms with Gasteiger partial charge in [0.05, 0.1) is 12.2 Å². The summed E-state index contributed by atoms with van der Waals surface area (Å²) in [7, 11) is 1.77. The lowest BCUT2D eigenvalue weighted by Crippen LogP contribution is -2.40. The fraction of sp³-hybridized carbons (Fsp3) is 0.375. The molecule has 0 aliphatic carbocycles. The quantitative estimate of drug-likeness (QED) is 0.862. The molecule has 0 radical (unpaired) electrons. The maximum atomic E-state index is 13.1. The van der Waals surface area contributed by atoms with Gasteiger partial charge in [-0.3, -0.25) is 24.3 Å². The number of halogens is 2. The Morgan fingerprint density at radius 2 is 2.00 bits per heavy atom. The van der Waals surface area contributed by atoms with Gasteiger partial charge in [0.15, 0.2) is 0 Å². The summed E-state index contributed by atoms with van der Waals surface area (Å²) in [4.78, 5) is 25.7. The fourth-order valence-electron chi connectivity index (χ4n) is 2.95. The molecule has 6 nitrogen and oxygen atoms in total. The van der Waals surface area contributed by atoms with Gasteiger partial charge in [0.1, 0.15) is 11.6 Å². The molecule has 8 heteroatoms. The van der Waals surface area contributed by atoms with Crippen LogP contribution in [0.3, 0.4) is 0 Å². The summed E-state index contributed by atoms with van der Waals surface area (Å²) in [6.45, 7) is 1.35. The van der Waals surface area contributed by atoms with Gasteiger partial charge < -0.3 is 5.32 Å². The first kappa shape index (κ1) is 16.4. The van der Waals surface area contributed by atoms with Crippen LogP contribution in [0, 0.1) is 11.6 Å². The van der Waals surface area contributed by atoms with Crippen LogP contribution < -0.4 is 10.9 Å². The second-order valence-corrected chi connectivity index (χ2v) is 5.94. The number of benzene rings is 1. The van der Waals surface area contributed by atoms with Crippen molar-refractivity contribution in [1.82, 2.24) is 20.0 Å². The third kappa shape index (κ3) is 3.53. The molecule has 1 aromatic carbocycles. The van der Waals surface area contributed by atoms with Gasteiger partial charge in [0.2, 0.25) is 5.91 Å². The van der Waals surface area contributed by atoms with Crippen LogP contribution in [-0.2, 0) is 31.4 Å². The van der Waals surface area contributed by atoms with Crippen molar-refractivity contribution in [1.29, 1.82) is 0 Å². The zero-order valence-electron chi connectivity index (χ0n) is 13.2. The van der Waals surface area contributed by atoms with E-state index in [0.717, 1.165) is 17.3 Å². The van der Waals surface area contributed by atoms with E-state index in [1.54, 1.807) is 11.7 Å². The van der Waals surface area contributed by atoms with E-state index in [0.29, 0.717) is 25.1 Å². The number of carbonyl (C=O) groups excluding carboxylic acids is 1. The number of hydrogen-bond acceptors (Lipinski definition) is 3. The molecule has 2 N–H and O–H groups in total. The molecule has 0 saturated heterocycles. The number of hydrogen-bond donors (Lipinski definition) is 2. The molecule has 1 aliphatic heterocycles. The lowest BCUT2D eigenvalue weighted by Gasteiger charge is -2.26. The summed E-state index contributed by atoms with van der Waals surface area (Å²) >= 11 is 0. The van der Waals surface area contributed by atoms with E-state index in [-0.39, 0.29) is 24.6 Å². The van der Waals surface area contributed by atoms with Gasteiger partial charge in [-0.2, -0.15) is 0 Å². The van der Waals surface area contributed by atoms with Crippen molar-refractivity contribution in [3.63, 3.8) is 0 Å². The molecule has 1 aromatic heterocycles. The number of carbonyl (C=O) groups is 1. The number of aromatic nitrogens is 2. The molecule has 0 fully saturated rings. The number of nitrogens with one attached hydrogen (secondary N) is 2. The van der Waals surface area contributed by atoms with E-state index in [9.17, 15) is 18.4 Å². The zero-order valence-corrected chi connectivity index (χ0v) is 13.2. The van der Waals surface area contributed by atoms with E-state index in [1.165, 1.54) is 12.1 Å². The molecule has 2 aromatic rings. The highest BCUT2D eigenvalue weighted by Gasteiger charge is 2.23. The first-order valence-corrected chi connectivity index (χ1v) is 7.63. The van der Waals surface area contributed by atoms with Crippen LogP contribution in [0.1, 0.15) is 16.8 Å². The van der Waals surface area contributed by atoms with E-state index in [1.807, 2.05) is 4.90 Å². The molecule has 1 aliphatic rings. The van der Waals surface area contributed by atoms with Crippen LogP contribution in [0.5, 0.6) is 0 Å². The van der Waals surface area contributed by atoms with Crippen LogP contribution in [0.4, 0.5) is 8.78 Å². The van der Waals surface area contributed by atoms with E-state index >= 15 is 0 Å². The zero-order chi connectivity index (χ0) is 17.3. The standard InChI is InChI=1S/C16H18F2N4O2/c1-21-14-8-22(3-2-13(14)16(24)20-21)9-15(23)19-7-10-4-11(17)6-12(18)5-10/h4-6H,2-3,7-9H2,1H3,(H,19,23)(H,20,24). The molecule has 0 unspecified atom stereocenters. The number of aromatic amines is 1. The molecule has 0 atom stereocenters. The van der Waals surface area contributed by atoms with Crippen LogP contribution in [-0.4, -0.2) is 33.7 Å². The Balaban J connectivity index is 1.56. The molecule has 0 spiro atoms. The lowest BCUT2D eigenvalue weighted by molar-refractivity contribution is -0.122. The van der Waals surface area contributed by atoms with Gasteiger partial charge in [-0.05, 0) is 24.1 Å². The fourth-order valence-corrected chi connectivity index (χ4v) is 2.95. The SMILES string of the molecule is Cn1[nH]c(=O)c2c1CN(CC(=O)NCc1cc(F)cc(F)c1)CC2. The second kappa shape index (κ2) is 6.56. The molecule has 2 heterocycles. The van der Waals surface area contributed by atoms with Crippen LogP contribution >= 0.6 is 0 Å². The van der Waals surface area contributed by atoms with Crippen LogP contribution in [0.2, 0.25) is 0 Å². The highest BCUT2D eigenvalue weighted by Crippen LogP contribution is 2.14. The van der Waals surface area contributed by atoms with Crippen molar-refractivity contribution in [2.75, 3.05) is 13.1 Å². The van der Waals surface area contributed by atoms with Gasteiger partial charge in [-0.1, -0.05) is 0 Å². The van der Waals surface area contributed by atoms with Crippen molar-refractivity contribution in [3.8, 4) is 0 Å². The lowest BCUT2D eigenvalue weighted by atomic mass is 10.1. The molecular weight excluding hydrogens is 318 g/mol. The smallest absolute Gasteiger partial charge is 0.267 e. The number of fused-ring (bicyclic) bond motifs is 1. The molecular formula is C16H18F2N4O2. The molecule has 1 amide bonds. The van der Waals surface area contributed by atoms with Crippen molar-refractivity contribution >= 4 is 5.91 Å². The van der Waals surface area contributed by atoms with E-state index < -0.39 is 11.6 Å². The van der Waals surface area contributed by atoms with Crippen LogP contribution in [0.25, 0.3) is 0 Å². The Bertz CT molecular complexity index is 808. The van der Waals surface area contributed by atoms with Crippen molar-refractivity contribution < 1.29 is 13.6 Å². The number of H-pyrrole nitrogens is 1. The third-order valence-corrected chi connectivity index (χ3v) is 4.13. The van der Waals surface area contributed by atoms with Crippen molar-refractivity contribution in [2.45, 2.75) is 19.5 Å². The Morgan fingerprint density at radius 1 is 1.29 bits per heavy atom. The minimum absolute atomic E-state index is 0.0647. The molecule has 128 valence electrons. The maximum Gasteiger partial charge on any atom is 0.267 e. The summed E-state index contributed by atoms with van der Waals surface area (Å²) in [5, 5.41) is 5.37. The van der Waals surface area contributed by atoms with Crippen molar-refractivity contribution in [2.24, 2.45) is 7.05 Å². The Labute approximate surface area is 137 Å². The highest BCUT2D eigenvalue weighted by molar-refractivity contribution is 5.78. The minimum atomic E-state index is -0.670. The minimum Gasteiger partial charge on any atom is -0.351 e. The Kier molecular flexibility index (Phi) is 4.48. The number of rotatable bonds is 4. The van der Waals surface area contributed by atoms with Gasteiger partial charge in [0, 0.05) is 38.3 Å². The predicted octanol–water partition coefficient (Wildman–Crippen LogP) is 0.666. The summed E-state index contributed by atoms with van der Waals surface area (Å²) in [5.74, 6) is -1.57. The summed E-state index contributed by atoms with van der Waals surface area (Å²) < 4.78 is 27.9. The highest BCUT2D eigenvalue weighted by atomic mass is 19.1. The Morgan fingerprint density at radius 3 is 2.71 bits per heavy atom. The van der Waals surface area contributed by atoms with E-state index in [4.69, 9.17) is 0 Å². The topological polar surface area (TPSA) is 70.1 Å². The molecule has 0 saturated carbocycles. The summed E-state index contributed by atoms with van der Waals surface area (Å²) in [6.07, 6.45) is 0.591. The third-order valence-electron chi connectivity index (χ3n) is 4.13. The molecule has 24 heavy (non-hydrogen) atoms. The monoisotopic (exact) mass is 336 g/mol. The molecule has 0 bridgehead atoms. The van der Waals surface area contributed by atoms with E-state index in [2.05, 4.69) is 10.4 Å². The normalized spacial score (nSPS) is 14.5. The first-order valence-electron chi connectivity index (χ1n) is 7.63. The van der Waals surface area contributed by atoms with Crippen molar-refractivity contribution in [3.05, 3.63) is 57.0 Å². The average Bonchev–Trinajstić information content (AvgIpc) is 2.79. The van der Waals surface area contributed by atoms with Crippen LogP contribution in [0.15, 0.2) is 23.0 Å². The second-order valence-electron chi connectivity index (χ2n) is 5.94. The number of nitrogens with zero attached hydrogens (tertiary/aromatic N) is 2. The first-order chi connectivity index (χ1) is 11.4. The van der Waals surface area contributed by atoms with Gasteiger partial charge in [-0.25, -0.2) is 8.78 Å². The van der Waals surface area contributed by atoms with Gasteiger partial charge in [0.25, 0.3) is 5.56 Å². The maximum absolute atomic E-state index is 13.1. The predicted molar refractivity (Wildman–Crippen MR) is 83.2 cm³/mol.